The summed E-state index contributed by atoms with van der Waals surface area (Å²) in [7, 11) is 0. The third-order valence-corrected chi connectivity index (χ3v) is 4.28. The van der Waals surface area contributed by atoms with E-state index in [2.05, 4.69) is 5.10 Å². The molecule has 3 heteroatoms. The first kappa shape index (κ1) is 16.7. The van der Waals surface area contributed by atoms with E-state index >= 15 is 0 Å². The first-order valence-corrected chi connectivity index (χ1v) is 8.80. The molecule has 130 valence electrons. The van der Waals surface area contributed by atoms with E-state index in [1.54, 1.807) is 0 Å². The molecule has 3 aromatic carbocycles. The van der Waals surface area contributed by atoms with Gasteiger partial charge in [0, 0.05) is 5.56 Å². The van der Waals surface area contributed by atoms with Crippen LogP contribution < -0.4 is 5.01 Å². The lowest BCUT2D eigenvalue weighted by Crippen LogP contribution is -2.21. The fourth-order valence-corrected chi connectivity index (χ4v) is 2.94. The number of hydrogen-bond donors (Lipinski definition) is 0. The van der Waals surface area contributed by atoms with E-state index in [4.69, 9.17) is 0 Å². The second-order valence-corrected chi connectivity index (χ2v) is 6.12. The summed E-state index contributed by atoms with van der Waals surface area (Å²) >= 11 is 0. The molecule has 0 bridgehead atoms. The highest BCUT2D eigenvalue weighted by molar-refractivity contribution is 6.35. The summed E-state index contributed by atoms with van der Waals surface area (Å²) in [5, 5.41) is 6.08. The Hall–Kier alpha value is -3.72. The van der Waals surface area contributed by atoms with Gasteiger partial charge >= 0.3 is 0 Å². The van der Waals surface area contributed by atoms with Crippen LogP contribution in [-0.4, -0.2) is 11.6 Å². The number of rotatable bonds is 4. The highest BCUT2D eigenvalue weighted by Gasteiger charge is 2.31. The van der Waals surface area contributed by atoms with Crippen LogP contribution in [0.5, 0.6) is 0 Å². The minimum absolute atomic E-state index is 0.127. The molecule has 3 aromatic rings. The number of allylic oxidation sites excluding steroid dienone is 2. The topological polar surface area (TPSA) is 32.7 Å². The summed E-state index contributed by atoms with van der Waals surface area (Å²) < 4.78 is 0. The van der Waals surface area contributed by atoms with Crippen LogP contribution in [0.15, 0.2) is 114 Å². The van der Waals surface area contributed by atoms with E-state index in [-0.39, 0.29) is 5.91 Å². The molecular weight excluding hydrogens is 332 g/mol. The summed E-state index contributed by atoms with van der Waals surface area (Å²) in [6.07, 6.45) is 5.72. The standard InChI is InChI=1S/C24H18N2O/c27-24-22(18-10-13-19-11-4-1-5-12-19)23(20-14-6-2-7-15-20)25-26(24)21-16-8-3-9-17-21/h1-18H/b13-10+,22-18+. The van der Waals surface area contributed by atoms with Crippen LogP contribution in [0.1, 0.15) is 11.1 Å². The Balaban J connectivity index is 1.72. The Morgan fingerprint density at radius 2 is 1.33 bits per heavy atom. The van der Waals surface area contributed by atoms with Crippen LogP contribution >= 0.6 is 0 Å². The molecule has 0 N–H and O–H groups in total. The fourth-order valence-electron chi connectivity index (χ4n) is 2.94. The maximum absolute atomic E-state index is 13.0. The van der Waals surface area contributed by atoms with Crippen molar-refractivity contribution in [3.05, 3.63) is 120 Å². The summed E-state index contributed by atoms with van der Waals surface area (Å²) in [5.41, 5.74) is 4.02. The van der Waals surface area contributed by atoms with E-state index < -0.39 is 0 Å². The number of para-hydroxylation sites is 1. The third kappa shape index (κ3) is 3.62. The number of anilines is 1. The number of amides is 1. The van der Waals surface area contributed by atoms with E-state index in [0.717, 1.165) is 16.8 Å². The fraction of sp³-hybridized carbons (Fsp3) is 0. The smallest absolute Gasteiger partial charge is 0.267 e. The molecule has 0 aliphatic carbocycles. The molecule has 4 rings (SSSR count). The molecule has 0 saturated carbocycles. The summed E-state index contributed by atoms with van der Waals surface area (Å²) in [5.74, 6) is -0.127. The van der Waals surface area contributed by atoms with Gasteiger partial charge in [0.2, 0.25) is 0 Å². The molecule has 0 saturated heterocycles. The van der Waals surface area contributed by atoms with Crippen molar-refractivity contribution >= 4 is 23.4 Å². The molecule has 0 radical (unpaired) electrons. The zero-order chi connectivity index (χ0) is 18.5. The van der Waals surface area contributed by atoms with Gasteiger partial charge in [0.05, 0.1) is 11.3 Å². The number of hydrazone groups is 1. The van der Waals surface area contributed by atoms with Crippen molar-refractivity contribution in [2.75, 3.05) is 5.01 Å². The molecule has 0 aromatic heterocycles. The average Bonchev–Trinajstić information content (AvgIpc) is 3.07. The average molecular weight is 350 g/mol. The second-order valence-electron chi connectivity index (χ2n) is 6.12. The van der Waals surface area contributed by atoms with Crippen LogP contribution in [0.25, 0.3) is 6.08 Å². The van der Waals surface area contributed by atoms with Crippen LogP contribution in [0, 0.1) is 0 Å². The normalized spacial score (nSPS) is 15.6. The minimum Gasteiger partial charge on any atom is -0.267 e. The number of benzene rings is 3. The SMILES string of the molecule is O=C1/C(=C/C=C/c2ccccc2)C(c2ccccc2)=NN1c1ccccc1. The van der Waals surface area contributed by atoms with Crippen molar-refractivity contribution in [3.63, 3.8) is 0 Å². The van der Waals surface area contributed by atoms with Crippen molar-refractivity contribution in [1.82, 2.24) is 0 Å². The van der Waals surface area contributed by atoms with Crippen molar-refractivity contribution in [2.45, 2.75) is 0 Å². The van der Waals surface area contributed by atoms with Gasteiger partial charge in [0.1, 0.15) is 5.71 Å². The first-order valence-electron chi connectivity index (χ1n) is 8.80. The lowest BCUT2D eigenvalue weighted by atomic mass is 10.0. The van der Waals surface area contributed by atoms with E-state index in [0.29, 0.717) is 11.3 Å². The van der Waals surface area contributed by atoms with Gasteiger partial charge in [-0.3, -0.25) is 4.79 Å². The highest BCUT2D eigenvalue weighted by Crippen LogP contribution is 2.26. The van der Waals surface area contributed by atoms with Crippen LogP contribution in [0.4, 0.5) is 5.69 Å². The zero-order valence-corrected chi connectivity index (χ0v) is 14.7. The summed E-state index contributed by atoms with van der Waals surface area (Å²) in [4.78, 5) is 13.0. The Kier molecular flexibility index (Phi) is 4.75. The third-order valence-electron chi connectivity index (χ3n) is 4.28. The summed E-state index contributed by atoms with van der Waals surface area (Å²) in [6.45, 7) is 0. The van der Waals surface area contributed by atoms with Crippen LogP contribution in [0.2, 0.25) is 0 Å². The molecule has 1 aliphatic heterocycles. The lowest BCUT2D eigenvalue weighted by molar-refractivity contribution is -0.114. The molecule has 0 spiro atoms. The summed E-state index contributed by atoms with van der Waals surface area (Å²) in [6, 6.07) is 29.3. The quantitative estimate of drug-likeness (QED) is 0.604. The first-order chi connectivity index (χ1) is 13.3. The molecule has 1 amide bonds. The molecule has 1 aliphatic rings. The van der Waals surface area contributed by atoms with Crippen molar-refractivity contribution in [3.8, 4) is 0 Å². The Bertz CT molecular complexity index is 1020. The van der Waals surface area contributed by atoms with Crippen molar-refractivity contribution < 1.29 is 4.79 Å². The number of hydrogen-bond acceptors (Lipinski definition) is 2. The van der Waals surface area contributed by atoms with Crippen molar-refractivity contribution in [2.24, 2.45) is 5.10 Å². The van der Waals surface area contributed by atoms with Gasteiger partial charge in [0.15, 0.2) is 0 Å². The maximum atomic E-state index is 13.0. The zero-order valence-electron chi connectivity index (χ0n) is 14.7. The van der Waals surface area contributed by atoms with E-state index in [9.17, 15) is 4.79 Å². The predicted octanol–water partition coefficient (Wildman–Crippen LogP) is 5.08. The molecule has 3 nitrogen and oxygen atoms in total. The Morgan fingerprint density at radius 3 is 2.00 bits per heavy atom. The second kappa shape index (κ2) is 7.67. The van der Waals surface area contributed by atoms with Gasteiger partial charge in [-0.2, -0.15) is 10.1 Å². The minimum atomic E-state index is -0.127. The molecule has 0 unspecified atom stereocenters. The highest BCUT2D eigenvalue weighted by atomic mass is 16.2. The monoisotopic (exact) mass is 350 g/mol. The number of nitrogens with zero attached hydrogens (tertiary/aromatic N) is 2. The van der Waals surface area contributed by atoms with Gasteiger partial charge < -0.3 is 0 Å². The molecule has 0 fully saturated rings. The van der Waals surface area contributed by atoms with Crippen LogP contribution in [-0.2, 0) is 4.79 Å². The van der Waals surface area contributed by atoms with Gasteiger partial charge in [0.25, 0.3) is 5.91 Å². The Morgan fingerprint density at radius 1 is 0.741 bits per heavy atom. The number of carbonyl (C=O) groups is 1. The van der Waals surface area contributed by atoms with Gasteiger partial charge in [-0.25, -0.2) is 0 Å². The molecule has 0 atom stereocenters. The van der Waals surface area contributed by atoms with Crippen molar-refractivity contribution in [1.29, 1.82) is 0 Å². The molecule has 27 heavy (non-hydrogen) atoms. The molecular formula is C24H18N2O. The predicted molar refractivity (Wildman–Crippen MR) is 110 cm³/mol. The van der Waals surface area contributed by atoms with E-state index in [1.807, 2.05) is 109 Å². The molecule has 1 heterocycles. The van der Waals surface area contributed by atoms with Gasteiger partial charge in [-0.1, -0.05) is 91.0 Å². The lowest BCUT2D eigenvalue weighted by Gasteiger charge is -2.10. The van der Waals surface area contributed by atoms with Gasteiger partial charge in [-0.15, -0.1) is 0 Å². The Labute approximate surface area is 158 Å². The maximum Gasteiger partial charge on any atom is 0.281 e. The largest absolute Gasteiger partial charge is 0.281 e. The van der Waals surface area contributed by atoms with Gasteiger partial charge in [-0.05, 0) is 23.8 Å². The van der Waals surface area contributed by atoms with Crippen LogP contribution in [0.3, 0.4) is 0 Å². The number of carbonyl (C=O) groups excluding carboxylic acids is 1. The van der Waals surface area contributed by atoms with E-state index in [1.165, 1.54) is 5.01 Å².